The molecule has 1 unspecified atom stereocenters. The third-order valence-electron chi connectivity index (χ3n) is 1.98. The summed E-state index contributed by atoms with van der Waals surface area (Å²) < 4.78 is 12.7. The van der Waals surface area contributed by atoms with Crippen molar-refractivity contribution in [3.05, 3.63) is 47.8 Å². The van der Waals surface area contributed by atoms with Gasteiger partial charge in [0, 0.05) is 0 Å². The Morgan fingerprint density at radius 1 is 1.62 bits per heavy atom. The molecule has 0 bridgehead atoms. The van der Waals surface area contributed by atoms with E-state index in [1.54, 1.807) is 12.1 Å². The van der Waals surface area contributed by atoms with Gasteiger partial charge in [-0.25, -0.2) is 9.82 Å². The predicted octanol–water partition coefficient (Wildman–Crippen LogP) is 1.82. The maximum absolute atomic E-state index is 12.7. The first kappa shape index (κ1) is 9.89. The van der Waals surface area contributed by atoms with Crippen LogP contribution in [0.3, 0.4) is 0 Å². The summed E-state index contributed by atoms with van der Waals surface area (Å²) in [7, 11) is 0. The summed E-state index contributed by atoms with van der Waals surface area (Å²) in [5, 5.41) is 0. The van der Waals surface area contributed by atoms with Crippen LogP contribution in [-0.4, -0.2) is 0 Å². The van der Waals surface area contributed by atoms with Crippen LogP contribution in [0.2, 0.25) is 0 Å². The highest BCUT2D eigenvalue weighted by Gasteiger charge is 2.07. The van der Waals surface area contributed by atoms with Crippen molar-refractivity contribution in [2.24, 2.45) is 5.84 Å². The lowest BCUT2D eigenvalue weighted by atomic mass is 10.0. The first-order chi connectivity index (χ1) is 6.19. The van der Waals surface area contributed by atoms with Gasteiger partial charge in [-0.05, 0) is 30.2 Å². The van der Waals surface area contributed by atoms with E-state index >= 15 is 0 Å². The molecule has 2 nitrogen and oxygen atoms in total. The average molecular weight is 180 g/mol. The lowest BCUT2D eigenvalue weighted by molar-refractivity contribution is 0.617. The highest BCUT2D eigenvalue weighted by atomic mass is 19.1. The molecule has 0 amide bonds. The smallest absolute Gasteiger partial charge is 0.123 e. The van der Waals surface area contributed by atoms with Crippen LogP contribution in [0, 0.1) is 12.7 Å². The summed E-state index contributed by atoms with van der Waals surface area (Å²) in [6.45, 7) is 5.48. The van der Waals surface area contributed by atoms with Crippen molar-refractivity contribution in [3.8, 4) is 0 Å². The summed E-state index contributed by atoms with van der Waals surface area (Å²) in [6, 6.07) is 4.47. The van der Waals surface area contributed by atoms with E-state index in [-0.39, 0.29) is 11.9 Å². The van der Waals surface area contributed by atoms with Crippen LogP contribution in [-0.2, 0) is 0 Å². The van der Waals surface area contributed by atoms with Crippen molar-refractivity contribution in [1.29, 1.82) is 0 Å². The standard InChI is InChI=1S/C10H13FN2/c1-3-10(13-12)9-5-4-8(11)6-7(9)2/h3-6,10,13H,1,12H2,2H3. The predicted molar refractivity (Wildman–Crippen MR) is 51.4 cm³/mol. The molecule has 70 valence electrons. The minimum absolute atomic E-state index is 0.124. The summed E-state index contributed by atoms with van der Waals surface area (Å²) >= 11 is 0. The Morgan fingerprint density at radius 3 is 2.77 bits per heavy atom. The normalized spacial score (nSPS) is 12.5. The zero-order chi connectivity index (χ0) is 9.84. The second kappa shape index (κ2) is 4.16. The number of aryl methyl sites for hydroxylation is 1. The number of hydrazine groups is 1. The lowest BCUT2D eigenvalue weighted by Gasteiger charge is -2.13. The average Bonchev–Trinajstić information content (AvgIpc) is 2.10. The van der Waals surface area contributed by atoms with Crippen LogP contribution >= 0.6 is 0 Å². The molecule has 3 N–H and O–H groups in total. The molecule has 0 saturated heterocycles. The molecule has 1 aromatic rings. The van der Waals surface area contributed by atoms with Gasteiger partial charge in [0.1, 0.15) is 5.82 Å². The molecule has 0 aliphatic heterocycles. The zero-order valence-corrected chi connectivity index (χ0v) is 7.55. The van der Waals surface area contributed by atoms with Gasteiger partial charge in [0.25, 0.3) is 0 Å². The van der Waals surface area contributed by atoms with E-state index in [9.17, 15) is 4.39 Å². The summed E-state index contributed by atoms with van der Waals surface area (Å²) in [4.78, 5) is 0. The van der Waals surface area contributed by atoms with Gasteiger partial charge in [-0.15, -0.1) is 6.58 Å². The molecule has 3 heteroatoms. The SMILES string of the molecule is C=CC(NN)c1ccc(F)cc1C. The Labute approximate surface area is 77.2 Å². The Hall–Kier alpha value is -1.19. The van der Waals surface area contributed by atoms with Gasteiger partial charge < -0.3 is 0 Å². The Kier molecular flexibility index (Phi) is 3.17. The molecule has 1 rings (SSSR count). The number of hydrogen-bond donors (Lipinski definition) is 2. The second-order valence-corrected chi connectivity index (χ2v) is 2.88. The fourth-order valence-electron chi connectivity index (χ4n) is 1.27. The number of nitrogens with two attached hydrogens (primary N) is 1. The van der Waals surface area contributed by atoms with Crippen molar-refractivity contribution in [1.82, 2.24) is 5.43 Å². The van der Waals surface area contributed by atoms with Crippen molar-refractivity contribution >= 4 is 0 Å². The maximum Gasteiger partial charge on any atom is 0.123 e. The molecule has 0 saturated carbocycles. The van der Waals surface area contributed by atoms with Crippen LogP contribution in [0.25, 0.3) is 0 Å². The van der Waals surface area contributed by atoms with Crippen molar-refractivity contribution in [3.63, 3.8) is 0 Å². The van der Waals surface area contributed by atoms with Crippen LogP contribution < -0.4 is 11.3 Å². The van der Waals surface area contributed by atoms with Crippen molar-refractivity contribution < 1.29 is 4.39 Å². The lowest BCUT2D eigenvalue weighted by Crippen LogP contribution is -2.26. The first-order valence-corrected chi connectivity index (χ1v) is 4.03. The molecule has 0 aromatic heterocycles. The molecular weight excluding hydrogens is 167 g/mol. The number of rotatable bonds is 3. The molecule has 0 spiro atoms. The van der Waals surface area contributed by atoms with E-state index in [1.807, 2.05) is 6.92 Å². The fraction of sp³-hybridized carbons (Fsp3) is 0.200. The number of halogens is 1. The van der Waals surface area contributed by atoms with E-state index in [2.05, 4.69) is 12.0 Å². The monoisotopic (exact) mass is 180 g/mol. The third kappa shape index (κ3) is 2.14. The van der Waals surface area contributed by atoms with E-state index in [0.29, 0.717) is 0 Å². The second-order valence-electron chi connectivity index (χ2n) is 2.88. The van der Waals surface area contributed by atoms with E-state index in [1.165, 1.54) is 12.1 Å². The van der Waals surface area contributed by atoms with Crippen molar-refractivity contribution in [2.45, 2.75) is 13.0 Å². The molecule has 0 aliphatic rings. The maximum atomic E-state index is 12.7. The summed E-state index contributed by atoms with van der Waals surface area (Å²) in [5.41, 5.74) is 4.39. The number of hydrogen-bond acceptors (Lipinski definition) is 2. The Balaban J connectivity index is 3.06. The van der Waals surface area contributed by atoms with Gasteiger partial charge in [-0.3, -0.25) is 5.84 Å². The molecule has 1 aromatic carbocycles. The Morgan fingerprint density at radius 2 is 2.31 bits per heavy atom. The molecule has 0 fully saturated rings. The third-order valence-corrected chi connectivity index (χ3v) is 1.98. The highest BCUT2D eigenvalue weighted by molar-refractivity contribution is 5.31. The minimum atomic E-state index is -0.235. The van der Waals surface area contributed by atoms with Crippen LogP contribution in [0.4, 0.5) is 4.39 Å². The van der Waals surface area contributed by atoms with E-state index < -0.39 is 0 Å². The van der Waals surface area contributed by atoms with Crippen LogP contribution in [0.1, 0.15) is 17.2 Å². The first-order valence-electron chi connectivity index (χ1n) is 4.03. The molecule has 0 aliphatic carbocycles. The molecule has 0 heterocycles. The molecular formula is C10H13FN2. The summed E-state index contributed by atoms with van der Waals surface area (Å²) in [6.07, 6.45) is 1.68. The topological polar surface area (TPSA) is 38.0 Å². The summed E-state index contributed by atoms with van der Waals surface area (Å²) in [5.74, 6) is 5.07. The van der Waals surface area contributed by atoms with Gasteiger partial charge in [0.15, 0.2) is 0 Å². The number of nitrogens with one attached hydrogen (secondary N) is 1. The highest BCUT2D eigenvalue weighted by Crippen LogP contribution is 2.18. The molecule has 1 atom stereocenters. The Bertz CT molecular complexity index is 310. The van der Waals surface area contributed by atoms with E-state index in [4.69, 9.17) is 5.84 Å². The largest absolute Gasteiger partial charge is 0.271 e. The van der Waals surface area contributed by atoms with Gasteiger partial charge in [-0.2, -0.15) is 0 Å². The number of benzene rings is 1. The van der Waals surface area contributed by atoms with Gasteiger partial charge in [0.2, 0.25) is 0 Å². The molecule has 13 heavy (non-hydrogen) atoms. The van der Waals surface area contributed by atoms with Gasteiger partial charge >= 0.3 is 0 Å². The van der Waals surface area contributed by atoms with Crippen LogP contribution in [0.5, 0.6) is 0 Å². The van der Waals surface area contributed by atoms with Crippen LogP contribution in [0.15, 0.2) is 30.9 Å². The minimum Gasteiger partial charge on any atom is -0.271 e. The van der Waals surface area contributed by atoms with Gasteiger partial charge in [-0.1, -0.05) is 12.1 Å². The molecule has 0 radical (unpaired) electrons. The van der Waals surface area contributed by atoms with E-state index in [0.717, 1.165) is 11.1 Å². The van der Waals surface area contributed by atoms with Gasteiger partial charge in [0.05, 0.1) is 6.04 Å². The fourth-order valence-corrected chi connectivity index (χ4v) is 1.27. The quantitative estimate of drug-likeness (QED) is 0.423. The van der Waals surface area contributed by atoms with Crippen molar-refractivity contribution in [2.75, 3.05) is 0 Å². The zero-order valence-electron chi connectivity index (χ0n) is 7.55.